The van der Waals surface area contributed by atoms with Crippen LogP contribution in [0.15, 0.2) is 54.7 Å². The van der Waals surface area contributed by atoms with Gasteiger partial charge < -0.3 is 14.2 Å². The summed E-state index contributed by atoms with van der Waals surface area (Å²) in [4.78, 5) is 24.0. The van der Waals surface area contributed by atoms with Crippen molar-refractivity contribution in [2.75, 3.05) is 0 Å². The van der Waals surface area contributed by atoms with E-state index in [-0.39, 0.29) is 24.0 Å². The molecule has 1 N–H and O–H groups in total. The molecule has 0 radical (unpaired) electrons. The van der Waals surface area contributed by atoms with Crippen LogP contribution in [-0.4, -0.2) is 21.6 Å². The summed E-state index contributed by atoms with van der Waals surface area (Å²) in [5, 5.41) is 6.76. The number of rotatable bonds is 4. The number of furan rings is 2. The topological polar surface area (TPSA) is 90.3 Å². The minimum absolute atomic E-state index is 0.163. The van der Waals surface area contributed by atoms with Crippen LogP contribution in [0.1, 0.15) is 26.8 Å². The molecule has 3 aromatic heterocycles. The third-order valence-corrected chi connectivity index (χ3v) is 3.72. The van der Waals surface area contributed by atoms with Crippen LogP contribution < -0.4 is 5.32 Å². The Balaban J connectivity index is 1.63. The molecule has 0 aromatic carbocycles. The van der Waals surface area contributed by atoms with E-state index >= 15 is 0 Å². The maximum atomic E-state index is 12.1. The smallest absolute Gasteiger partial charge is 0.313 e. The molecule has 3 rings (SSSR count). The van der Waals surface area contributed by atoms with E-state index in [1.807, 2.05) is 0 Å². The molecule has 0 aliphatic rings. The van der Waals surface area contributed by atoms with Crippen LogP contribution in [0.4, 0.5) is 0 Å². The van der Waals surface area contributed by atoms with Gasteiger partial charge in [0.1, 0.15) is 0 Å². The van der Waals surface area contributed by atoms with Gasteiger partial charge in [-0.2, -0.15) is 5.10 Å². The van der Waals surface area contributed by atoms with Gasteiger partial charge in [0.15, 0.2) is 20.9 Å². The summed E-state index contributed by atoms with van der Waals surface area (Å²) in [6, 6.07) is 7.98. The highest BCUT2D eigenvalue weighted by Gasteiger charge is 2.15. The average molecular weight is 443 g/mol. The van der Waals surface area contributed by atoms with E-state index in [4.69, 9.17) is 8.83 Å². The number of carbonyl (C=O) groups is 2. The van der Waals surface area contributed by atoms with Crippen molar-refractivity contribution in [2.45, 2.75) is 6.54 Å². The fraction of sp³-hybridized carbons (Fsp3) is 0.0714. The predicted octanol–water partition coefficient (Wildman–Crippen LogP) is 3.21. The second kappa shape index (κ2) is 6.55. The standard InChI is InChI=1S/C14H9Br2N3O4/c15-11-3-1-9(22-11)13(20)17-7-8-5-6-19(18-8)14(21)10-2-4-12(16)23-10/h1-6H,7H2,(H,17,20). The Morgan fingerprint density at radius 3 is 2.30 bits per heavy atom. The van der Waals surface area contributed by atoms with Crippen LogP contribution in [0, 0.1) is 0 Å². The van der Waals surface area contributed by atoms with Crippen LogP contribution in [0.25, 0.3) is 0 Å². The molecule has 0 unspecified atom stereocenters. The Morgan fingerprint density at radius 2 is 1.70 bits per heavy atom. The van der Waals surface area contributed by atoms with Crippen LogP contribution in [-0.2, 0) is 6.54 Å². The van der Waals surface area contributed by atoms with E-state index < -0.39 is 5.91 Å². The molecule has 0 atom stereocenters. The van der Waals surface area contributed by atoms with Crippen molar-refractivity contribution in [1.82, 2.24) is 15.1 Å². The molecule has 3 heterocycles. The number of hydrogen-bond donors (Lipinski definition) is 1. The number of amides is 1. The van der Waals surface area contributed by atoms with Crippen LogP contribution in [0.2, 0.25) is 0 Å². The molecule has 0 saturated heterocycles. The monoisotopic (exact) mass is 441 g/mol. The number of aromatic nitrogens is 2. The van der Waals surface area contributed by atoms with Gasteiger partial charge in [0, 0.05) is 6.20 Å². The maximum Gasteiger partial charge on any atom is 0.313 e. The molecule has 3 aromatic rings. The fourth-order valence-electron chi connectivity index (χ4n) is 1.81. The van der Waals surface area contributed by atoms with Gasteiger partial charge in [-0.15, -0.1) is 0 Å². The average Bonchev–Trinajstić information content (AvgIpc) is 3.25. The molecular weight excluding hydrogens is 434 g/mol. The van der Waals surface area contributed by atoms with Crippen molar-refractivity contribution in [2.24, 2.45) is 0 Å². The molecule has 0 spiro atoms. The molecule has 0 bridgehead atoms. The first kappa shape index (κ1) is 15.8. The summed E-state index contributed by atoms with van der Waals surface area (Å²) in [5.41, 5.74) is 0.531. The van der Waals surface area contributed by atoms with E-state index in [0.717, 1.165) is 4.68 Å². The minimum Gasteiger partial charge on any atom is -0.444 e. The zero-order chi connectivity index (χ0) is 16.4. The lowest BCUT2D eigenvalue weighted by Gasteiger charge is -2.00. The van der Waals surface area contributed by atoms with E-state index in [9.17, 15) is 9.59 Å². The quantitative estimate of drug-likeness (QED) is 0.669. The number of nitrogens with one attached hydrogen (secondary N) is 1. The Morgan fingerprint density at radius 1 is 1.04 bits per heavy atom. The summed E-state index contributed by atoms with van der Waals surface area (Å²) < 4.78 is 12.4. The van der Waals surface area contributed by atoms with Crippen molar-refractivity contribution in [3.8, 4) is 0 Å². The van der Waals surface area contributed by atoms with E-state index in [1.165, 1.54) is 6.20 Å². The number of carbonyl (C=O) groups excluding carboxylic acids is 2. The number of nitrogens with zero attached hydrogens (tertiary/aromatic N) is 2. The number of hydrogen-bond acceptors (Lipinski definition) is 5. The van der Waals surface area contributed by atoms with Gasteiger partial charge in [-0.1, -0.05) is 0 Å². The van der Waals surface area contributed by atoms with Crippen LogP contribution in [0.5, 0.6) is 0 Å². The van der Waals surface area contributed by atoms with Gasteiger partial charge in [0.05, 0.1) is 12.2 Å². The molecule has 23 heavy (non-hydrogen) atoms. The fourth-order valence-corrected chi connectivity index (χ4v) is 2.42. The van der Waals surface area contributed by atoms with Gasteiger partial charge in [0.2, 0.25) is 0 Å². The molecule has 1 amide bonds. The SMILES string of the molecule is O=C(NCc1ccn(C(=O)c2ccc(Br)o2)n1)c1ccc(Br)o1. The third kappa shape index (κ3) is 3.62. The Labute approximate surface area is 146 Å². The molecule has 0 aliphatic carbocycles. The van der Waals surface area contributed by atoms with Gasteiger partial charge in [0.25, 0.3) is 5.91 Å². The van der Waals surface area contributed by atoms with Crippen LogP contribution >= 0.6 is 31.9 Å². The Hall–Kier alpha value is -2.13. The van der Waals surface area contributed by atoms with Crippen molar-refractivity contribution in [3.63, 3.8) is 0 Å². The Bertz CT molecular complexity index is 865. The van der Waals surface area contributed by atoms with Gasteiger partial charge in [-0.3, -0.25) is 9.59 Å². The van der Waals surface area contributed by atoms with E-state index in [0.29, 0.717) is 15.0 Å². The molecule has 118 valence electrons. The highest BCUT2D eigenvalue weighted by Crippen LogP contribution is 2.15. The maximum absolute atomic E-state index is 12.1. The summed E-state index contributed by atoms with van der Waals surface area (Å²) in [6.07, 6.45) is 1.50. The first-order chi connectivity index (χ1) is 11.0. The molecule has 0 aliphatic heterocycles. The van der Waals surface area contributed by atoms with Crippen LogP contribution in [0.3, 0.4) is 0 Å². The summed E-state index contributed by atoms with van der Waals surface area (Å²) >= 11 is 6.26. The van der Waals surface area contributed by atoms with Crippen molar-refractivity contribution >= 4 is 43.7 Å². The minimum atomic E-state index is -0.400. The predicted molar refractivity (Wildman–Crippen MR) is 85.9 cm³/mol. The summed E-state index contributed by atoms with van der Waals surface area (Å²) in [5.74, 6) is -0.418. The lowest BCUT2D eigenvalue weighted by atomic mass is 10.4. The zero-order valence-corrected chi connectivity index (χ0v) is 14.6. The van der Waals surface area contributed by atoms with Gasteiger partial charge in [-0.05, 0) is 62.2 Å². The van der Waals surface area contributed by atoms with Crippen molar-refractivity contribution in [3.05, 3.63) is 63.1 Å². The first-order valence-corrected chi connectivity index (χ1v) is 7.99. The Kier molecular flexibility index (Phi) is 4.49. The normalized spacial score (nSPS) is 10.7. The summed E-state index contributed by atoms with van der Waals surface area (Å²) in [6.45, 7) is 0.166. The van der Waals surface area contributed by atoms with Gasteiger partial charge in [-0.25, -0.2) is 4.68 Å². The van der Waals surface area contributed by atoms with Crippen molar-refractivity contribution < 1.29 is 18.4 Å². The molecule has 0 saturated carbocycles. The lowest BCUT2D eigenvalue weighted by molar-refractivity contribution is 0.0915. The zero-order valence-electron chi connectivity index (χ0n) is 11.5. The highest BCUT2D eigenvalue weighted by atomic mass is 79.9. The third-order valence-electron chi connectivity index (χ3n) is 2.86. The van der Waals surface area contributed by atoms with Crippen molar-refractivity contribution in [1.29, 1.82) is 0 Å². The lowest BCUT2D eigenvalue weighted by Crippen LogP contribution is -2.23. The van der Waals surface area contributed by atoms with E-state index in [1.54, 1.807) is 30.3 Å². The summed E-state index contributed by atoms with van der Waals surface area (Å²) in [7, 11) is 0. The molecule has 7 nitrogen and oxygen atoms in total. The second-order valence-electron chi connectivity index (χ2n) is 4.45. The highest BCUT2D eigenvalue weighted by molar-refractivity contribution is 9.10. The number of halogens is 2. The van der Waals surface area contributed by atoms with E-state index in [2.05, 4.69) is 42.3 Å². The first-order valence-electron chi connectivity index (χ1n) is 6.41. The molecule has 9 heteroatoms. The molecule has 0 fully saturated rings. The largest absolute Gasteiger partial charge is 0.444 e. The van der Waals surface area contributed by atoms with Gasteiger partial charge >= 0.3 is 5.91 Å². The molecular formula is C14H9Br2N3O4. The second-order valence-corrected chi connectivity index (χ2v) is 6.01.